The van der Waals surface area contributed by atoms with Crippen LogP contribution < -0.4 is 0 Å². The zero-order valence-electron chi connectivity index (χ0n) is 14.1. The number of aldehydes is 1. The summed E-state index contributed by atoms with van der Waals surface area (Å²) in [7, 11) is 1.85. The maximum Gasteiger partial charge on any atom is 0.222 e. The lowest BCUT2D eigenvalue weighted by Crippen LogP contribution is -2.35. The summed E-state index contributed by atoms with van der Waals surface area (Å²) in [5, 5.41) is 34.1. The van der Waals surface area contributed by atoms with Crippen LogP contribution in [-0.4, -0.2) is 102 Å². The minimum atomic E-state index is -0.0971. The Morgan fingerprint density at radius 2 is 1.35 bits per heavy atom. The van der Waals surface area contributed by atoms with E-state index in [9.17, 15) is 9.59 Å². The minimum absolute atomic E-state index is 0.0796. The van der Waals surface area contributed by atoms with Crippen LogP contribution in [-0.2, 0) is 9.59 Å². The number of carbonyl (C=O) groups is 2. The lowest BCUT2D eigenvalue weighted by atomic mass is 10.2. The molecule has 138 valence electrons. The third-order valence-electron chi connectivity index (χ3n) is 3.02. The van der Waals surface area contributed by atoms with Crippen LogP contribution in [0.3, 0.4) is 0 Å². The molecule has 0 aromatic carbocycles. The third-order valence-corrected chi connectivity index (χ3v) is 3.02. The number of likely N-dealkylation sites (N-methyl/N-ethyl adjacent to an activating group) is 1. The van der Waals surface area contributed by atoms with Gasteiger partial charge in [0.15, 0.2) is 0 Å². The van der Waals surface area contributed by atoms with Gasteiger partial charge in [-0.3, -0.25) is 4.79 Å². The second kappa shape index (κ2) is 19.0. The minimum Gasteiger partial charge on any atom is -0.395 e. The number of unbranched alkanes of at least 4 members (excludes halogenated alkanes) is 2. The van der Waals surface area contributed by atoms with Gasteiger partial charge in [0, 0.05) is 39.0 Å². The van der Waals surface area contributed by atoms with Crippen molar-refractivity contribution in [1.82, 2.24) is 9.80 Å². The van der Waals surface area contributed by atoms with E-state index in [1.54, 1.807) is 0 Å². The Morgan fingerprint density at radius 3 is 1.74 bits per heavy atom. The summed E-state index contributed by atoms with van der Waals surface area (Å²) in [4.78, 5) is 24.8. The van der Waals surface area contributed by atoms with E-state index in [-0.39, 0.29) is 45.4 Å². The first kappa shape index (κ1) is 24.2. The standard InChI is InChI=1S/C10H19NO4.C5H13NO2/c12-7-3-1-2-4-10(15)11(5-8-13)6-9-14;1-6(2-4-7)3-5-8/h7,13-14H,1-6,8-9H2;7-8H,2-5H2,1H3. The molecule has 8 heteroatoms. The molecule has 0 aliphatic carbocycles. The molecule has 8 nitrogen and oxygen atoms in total. The smallest absolute Gasteiger partial charge is 0.222 e. The van der Waals surface area contributed by atoms with E-state index in [0.717, 1.165) is 6.29 Å². The predicted molar refractivity (Wildman–Crippen MR) is 87.0 cm³/mol. The highest BCUT2D eigenvalue weighted by molar-refractivity contribution is 5.76. The molecule has 0 heterocycles. The molecule has 0 atom stereocenters. The molecule has 4 N–H and O–H groups in total. The van der Waals surface area contributed by atoms with Crippen LogP contribution in [0.1, 0.15) is 25.7 Å². The van der Waals surface area contributed by atoms with Crippen LogP contribution in [0.15, 0.2) is 0 Å². The van der Waals surface area contributed by atoms with Crippen molar-refractivity contribution in [3.8, 4) is 0 Å². The van der Waals surface area contributed by atoms with Gasteiger partial charge < -0.3 is 35.0 Å². The molecule has 0 aliphatic heterocycles. The van der Waals surface area contributed by atoms with Crippen molar-refractivity contribution < 1.29 is 30.0 Å². The molecule has 0 spiro atoms. The molecule has 0 saturated heterocycles. The van der Waals surface area contributed by atoms with Gasteiger partial charge >= 0.3 is 0 Å². The molecule has 0 aromatic heterocycles. The van der Waals surface area contributed by atoms with Crippen LogP contribution in [0.4, 0.5) is 0 Å². The second-order valence-electron chi connectivity index (χ2n) is 4.99. The summed E-state index contributed by atoms with van der Waals surface area (Å²) in [6.45, 7) is 1.93. The first-order valence-electron chi connectivity index (χ1n) is 7.90. The molecule has 0 saturated carbocycles. The Balaban J connectivity index is 0. The predicted octanol–water partition coefficient (Wildman–Crippen LogP) is -1.54. The molecule has 1 amide bonds. The van der Waals surface area contributed by atoms with Crippen molar-refractivity contribution in [3.63, 3.8) is 0 Å². The monoisotopic (exact) mass is 336 g/mol. The van der Waals surface area contributed by atoms with Crippen molar-refractivity contribution in [3.05, 3.63) is 0 Å². The van der Waals surface area contributed by atoms with E-state index in [1.807, 2.05) is 11.9 Å². The highest BCUT2D eigenvalue weighted by Gasteiger charge is 2.11. The molecule has 0 radical (unpaired) electrons. The Hall–Kier alpha value is -1.06. The number of nitrogens with zero attached hydrogens (tertiary/aromatic N) is 2. The van der Waals surface area contributed by atoms with E-state index in [4.69, 9.17) is 20.4 Å². The first-order chi connectivity index (χ1) is 11.1. The topological polar surface area (TPSA) is 122 Å². The Bertz CT molecular complexity index is 267. The van der Waals surface area contributed by atoms with Gasteiger partial charge in [-0.15, -0.1) is 0 Å². The summed E-state index contributed by atoms with van der Waals surface area (Å²) in [6, 6.07) is 0. The number of hydrogen-bond donors (Lipinski definition) is 4. The van der Waals surface area contributed by atoms with Crippen LogP contribution >= 0.6 is 0 Å². The summed E-state index contributed by atoms with van der Waals surface area (Å²) >= 11 is 0. The molecular formula is C15H32N2O6. The fourth-order valence-electron chi connectivity index (χ4n) is 1.72. The van der Waals surface area contributed by atoms with Crippen molar-refractivity contribution in [2.45, 2.75) is 25.7 Å². The summed E-state index contributed by atoms with van der Waals surface area (Å²) in [6.07, 6.45) is 3.07. The zero-order chi connectivity index (χ0) is 17.9. The number of amides is 1. The number of aliphatic hydroxyl groups is 4. The number of rotatable bonds is 13. The Labute approximate surface area is 138 Å². The number of aliphatic hydroxyl groups excluding tert-OH is 4. The van der Waals surface area contributed by atoms with Gasteiger partial charge in [0.05, 0.1) is 26.4 Å². The quantitative estimate of drug-likeness (QED) is 0.238. The van der Waals surface area contributed by atoms with Gasteiger partial charge in [-0.1, -0.05) is 0 Å². The highest BCUT2D eigenvalue weighted by atomic mass is 16.3. The zero-order valence-corrected chi connectivity index (χ0v) is 14.1. The summed E-state index contributed by atoms with van der Waals surface area (Å²) in [5.41, 5.74) is 0. The Kier molecular flexibility index (Phi) is 20.0. The third kappa shape index (κ3) is 17.1. The average molecular weight is 336 g/mol. The van der Waals surface area contributed by atoms with Gasteiger partial charge in [0.1, 0.15) is 6.29 Å². The van der Waals surface area contributed by atoms with Crippen molar-refractivity contribution in [2.75, 3.05) is 59.7 Å². The van der Waals surface area contributed by atoms with Crippen LogP contribution in [0.2, 0.25) is 0 Å². The van der Waals surface area contributed by atoms with E-state index in [0.29, 0.717) is 38.8 Å². The first-order valence-corrected chi connectivity index (χ1v) is 7.90. The van der Waals surface area contributed by atoms with E-state index in [1.165, 1.54) is 4.90 Å². The van der Waals surface area contributed by atoms with Crippen LogP contribution in [0.25, 0.3) is 0 Å². The Morgan fingerprint density at radius 1 is 0.870 bits per heavy atom. The molecule has 0 fully saturated rings. The van der Waals surface area contributed by atoms with Crippen LogP contribution in [0, 0.1) is 0 Å². The highest BCUT2D eigenvalue weighted by Crippen LogP contribution is 2.02. The molecule has 0 aromatic rings. The maximum atomic E-state index is 11.5. The lowest BCUT2D eigenvalue weighted by Gasteiger charge is -2.20. The summed E-state index contributed by atoms with van der Waals surface area (Å²) in [5.74, 6) is -0.0796. The SMILES string of the molecule is CN(CCO)CCO.O=CCCCCC(=O)N(CCO)CCO. The molecule has 0 rings (SSSR count). The van der Waals surface area contributed by atoms with Crippen molar-refractivity contribution in [1.29, 1.82) is 0 Å². The van der Waals surface area contributed by atoms with Crippen LogP contribution in [0.5, 0.6) is 0 Å². The van der Waals surface area contributed by atoms with Gasteiger partial charge in [0.2, 0.25) is 5.91 Å². The van der Waals surface area contributed by atoms with Crippen molar-refractivity contribution in [2.24, 2.45) is 0 Å². The molecular weight excluding hydrogens is 304 g/mol. The largest absolute Gasteiger partial charge is 0.395 e. The molecule has 23 heavy (non-hydrogen) atoms. The van der Waals surface area contributed by atoms with Crippen molar-refractivity contribution >= 4 is 12.2 Å². The molecule has 0 bridgehead atoms. The fraction of sp³-hybridized carbons (Fsp3) is 0.867. The second-order valence-corrected chi connectivity index (χ2v) is 4.99. The normalized spacial score (nSPS) is 10.2. The molecule has 0 aliphatic rings. The molecule has 0 unspecified atom stereocenters. The summed E-state index contributed by atoms with van der Waals surface area (Å²) < 4.78 is 0. The van der Waals surface area contributed by atoms with Gasteiger partial charge in [0.25, 0.3) is 0 Å². The fourth-order valence-corrected chi connectivity index (χ4v) is 1.72. The lowest BCUT2D eigenvalue weighted by molar-refractivity contribution is -0.132. The number of carbonyl (C=O) groups excluding carboxylic acids is 2. The van der Waals surface area contributed by atoms with Gasteiger partial charge in [-0.05, 0) is 19.9 Å². The van der Waals surface area contributed by atoms with E-state index >= 15 is 0 Å². The van der Waals surface area contributed by atoms with Gasteiger partial charge in [-0.25, -0.2) is 0 Å². The maximum absolute atomic E-state index is 11.5. The van der Waals surface area contributed by atoms with Gasteiger partial charge in [-0.2, -0.15) is 0 Å². The van der Waals surface area contributed by atoms with E-state index in [2.05, 4.69) is 0 Å². The number of hydrogen-bond acceptors (Lipinski definition) is 7. The average Bonchev–Trinajstić information content (AvgIpc) is 2.52. The van der Waals surface area contributed by atoms with E-state index < -0.39 is 0 Å².